The molecule has 13 heteroatoms. The maximum Gasteiger partial charge on any atom is 0.416 e. The topological polar surface area (TPSA) is 110 Å². The van der Waals surface area contributed by atoms with Crippen LogP contribution in [-0.4, -0.2) is 49.9 Å². The predicted octanol–water partition coefficient (Wildman–Crippen LogP) is 5.29. The number of fused-ring (bicyclic) bond motifs is 1. The van der Waals surface area contributed by atoms with E-state index in [2.05, 4.69) is 10.3 Å². The summed E-state index contributed by atoms with van der Waals surface area (Å²) in [5, 5.41) is 18.2. The average Bonchev–Trinajstić information content (AvgIpc) is 3.41. The second kappa shape index (κ2) is 10.3. The molecular formula is C30H30F3N5O4S. The lowest BCUT2D eigenvalue weighted by molar-refractivity contribution is -0.137. The molecular weight excluding hydrogens is 583 g/mol. The Morgan fingerprint density at radius 2 is 1.91 bits per heavy atom. The second-order valence-electron chi connectivity index (χ2n) is 11.5. The lowest BCUT2D eigenvalue weighted by Gasteiger charge is -2.24. The summed E-state index contributed by atoms with van der Waals surface area (Å²) in [6.45, 7) is 3.81. The van der Waals surface area contributed by atoms with E-state index < -0.39 is 27.7 Å². The molecule has 1 N–H and O–H groups in total. The van der Waals surface area contributed by atoms with Crippen LogP contribution in [0, 0.1) is 12.8 Å². The van der Waals surface area contributed by atoms with Gasteiger partial charge in [-0.3, -0.25) is 4.68 Å². The number of rotatable bonds is 6. The zero-order chi connectivity index (χ0) is 30.8. The Morgan fingerprint density at radius 1 is 1.14 bits per heavy atom. The average molecular weight is 614 g/mol. The number of carboxylic acids is 1. The minimum Gasteiger partial charge on any atom is -0.478 e. The predicted molar refractivity (Wildman–Crippen MR) is 150 cm³/mol. The third kappa shape index (κ3) is 5.24. The van der Waals surface area contributed by atoms with Crippen molar-refractivity contribution in [3.05, 3.63) is 94.1 Å². The van der Waals surface area contributed by atoms with Crippen LogP contribution in [0.15, 0.2) is 59.8 Å². The SMILES string of the molecule is Cc1c(CN2C[C@@H](C)Cc3ccc(C(F)(F)F)cc3S2(=O)=O)cccc1-n1ccc(C(=O)O)c1[C@@H]1C[C@H]1c1cn(C)nn1. The summed E-state index contributed by atoms with van der Waals surface area (Å²) in [5.41, 5.74) is 3.08. The quantitative estimate of drug-likeness (QED) is 0.317. The summed E-state index contributed by atoms with van der Waals surface area (Å²) in [5.74, 6) is -1.24. The van der Waals surface area contributed by atoms with Crippen molar-refractivity contribution in [1.82, 2.24) is 23.9 Å². The number of carbonyl (C=O) groups is 1. The molecule has 6 rings (SSSR count). The van der Waals surface area contributed by atoms with Gasteiger partial charge in [0.1, 0.15) is 0 Å². The summed E-state index contributed by atoms with van der Waals surface area (Å²) in [7, 11) is -2.48. The molecule has 1 aliphatic heterocycles. The zero-order valence-electron chi connectivity index (χ0n) is 23.7. The van der Waals surface area contributed by atoms with E-state index >= 15 is 0 Å². The van der Waals surface area contributed by atoms with Crippen molar-refractivity contribution in [1.29, 1.82) is 0 Å². The van der Waals surface area contributed by atoms with Crippen LogP contribution >= 0.6 is 0 Å². The Kier molecular flexibility index (Phi) is 7.00. The first-order chi connectivity index (χ1) is 20.3. The molecule has 2 aromatic carbocycles. The number of benzene rings is 2. The van der Waals surface area contributed by atoms with Crippen LogP contribution in [0.1, 0.15) is 69.2 Å². The van der Waals surface area contributed by atoms with E-state index in [-0.39, 0.29) is 41.3 Å². The van der Waals surface area contributed by atoms with Gasteiger partial charge in [-0.05, 0) is 66.6 Å². The molecule has 0 spiro atoms. The number of carboxylic acid groups (broad SMARTS) is 1. The van der Waals surface area contributed by atoms with Crippen molar-refractivity contribution in [2.45, 2.75) is 56.1 Å². The fourth-order valence-corrected chi connectivity index (χ4v) is 7.98. The van der Waals surface area contributed by atoms with E-state index in [4.69, 9.17) is 0 Å². The van der Waals surface area contributed by atoms with E-state index in [1.807, 2.05) is 30.7 Å². The lowest BCUT2D eigenvalue weighted by Crippen LogP contribution is -2.33. The van der Waals surface area contributed by atoms with Gasteiger partial charge in [-0.2, -0.15) is 17.5 Å². The first-order valence-corrected chi connectivity index (χ1v) is 15.3. The first kappa shape index (κ1) is 29.1. The molecule has 0 bridgehead atoms. The maximum absolute atomic E-state index is 13.8. The van der Waals surface area contributed by atoms with Crippen LogP contribution in [-0.2, 0) is 36.2 Å². The van der Waals surface area contributed by atoms with Gasteiger partial charge in [-0.1, -0.05) is 30.3 Å². The number of hydrogen-bond donors (Lipinski definition) is 1. The summed E-state index contributed by atoms with van der Waals surface area (Å²) in [6, 6.07) is 9.91. The molecule has 0 radical (unpaired) electrons. The zero-order valence-corrected chi connectivity index (χ0v) is 24.5. The largest absolute Gasteiger partial charge is 0.478 e. The highest BCUT2D eigenvalue weighted by molar-refractivity contribution is 7.89. The molecule has 43 heavy (non-hydrogen) atoms. The molecule has 9 nitrogen and oxygen atoms in total. The Morgan fingerprint density at radius 3 is 2.58 bits per heavy atom. The number of sulfonamides is 1. The van der Waals surface area contributed by atoms with E-state index in [0.29, 0.717) is 35.3 Å². The number of hydrogen-bond acceptors (Lipinski definition) is 5. The molecule has 1 aliphatic carbocycles. The number of aromatic nitrogens is 4. The molecule has 0 saturated heterocycles. The number of aromatic carboxylic acids is 1. The smallest absolute Gasteiger partial charge is 0.416 e. The van der Waals surface area contributed by atoms with Crippen LogP contribution in [0.5, 0.6) is 0 Å². The monoisotopic (exact) mass is 613 g/mol. The van der Waals surface area contributed by atoms with Crippen molar-refractivity contribution in [2.24, 2.45) is 13.0 Å². The number of alkyl halides is 3. The molecule has 4 aromatic rings. The normalized spacial score (nSPS) is 21.8. The Bertz CT molecular complexity index is 1850. The summed E-state index contributed by atoms with van der Waals surface area (Å²) < 4.78 is 72.8. The first-order valence-electron chi connectivity index (χ1n) is 13.9. The van der Waals surface area contributed by atoms with Crippen molar-refractivity contribution in [3.63, 3.8) is 0 Å². The van der Waals surface area contributed by atoms with Crippen LogP contribution in [0.2, 0.25) is 0 Å². The minimum absolute atomic E-state index is 0.0225. The summed E-state index contributed by atoms with van der Waals surface area (Å²) >= 11 is 0. The molecule has 3 atom stereocenters. The number of aryl methyl sites for hydroxylation is 1. The number of halogens is 3. The van der Waals surface area contributed by atoms with E-state index in [1.165, 1.54) is 10.4 Å². The van der Waals surface area contributed by atoms with Crippen molar-refractivity contribution >= 4 is 16.0 Å². The highest BCUT2D eigenvalue weighted by atomic mass is 32.2. The molecule has 1 fully saturated rings. The highest BCUT2D eigenvalue weighted by Gasteiger charge is 2.45. The molecule has 3 heterocycles. The van der Waals surface area contributed by atoms with Gasteiger partial charge in [0.25, 0.3) is 0 Å². The minimum atomic E-state index is -4.67. The van der Waals surface area contributed by atoms with Gasteiger partial charge in [0.05, 0.1) is 21.7 Å². The molecule has 2 aliphatic rings. The third-order valence-electron chi connectivity index (χ3n) is 8.42. The van der Waals surface area contributed by atoms with Crippen molar-refractivity contribution < 1.29 is 31.5 Å². The van der Waals surface area contributed by atoms with E-state index in [9.17, 15) is 31.5 Å². The molecule has 226 valence electrons. The van der Waals surface area contributed by atoms with Gasteiger partial charge < -0.3 is 9.67 Å². The Balaban J connectivity index is 1.37. The van der Waals surface area contributed by atoms with Crippen LogP contribution < -0.4 is 0 Å². The fourth-order valence-electron chi connectivity index (χ4n) is 6.18. The molecule has 0 amide bonds. The fraction of sp³-hybridized carbons (Fsp3) is 0.367. The van der Waals surface area contributed by atoms with Crippen molar-refractivity contribution in [2.75, 3.05) is 6.54 Å². The molecule has 2 aromatic heterocycles. The van der Waals surface area contributed by atoms with Gasteiger partial charge in [0.2, 0.25) is 10.0 Å². The van der Waals surface area contributed by atoms with Crippen LogP contribution in [0.4, 0.5) is 13.2 Å². The van der Waals surface area contributed by atoms with Gasteiger partial charge in [0.15, 0.2) is 0 Å². The number of nitrogens with zero attached hydrogens (tertiary/aromatic N) is 5. The summed E-state index contributed by atoms with van der Waals surface area (Å²) in [6.07, 6.45) is -0.0966. The van der Waals surface area contributed by atoms with Crippen LogP contribution in [0.25, 0.3) is 5.69 Å². The third-order valence-corrected chi connectivity index (χ3v) is 10.3. The Labute approximate surface area is 246 Å². The van der Waals surface area contributed by atoms with Gasteiger partial charge >= 0.3 is 12.1 Å². The molecule has 0 unspecified atom stereocenters. The van der Waals surface area contributed by atoms with Gasteiger partial charge in [-0.15, -0.1) is 5.10 Å². The Hall–Kier alpha value is -3.97. The maximum atomic E-state index is 13.8. The highest BCUT2D eigenvalue weighted by Crippen LogP contribution is 2.55. The standard InChI is InChI=1S/C30H30F3N5O4S/c1-17-11-19-7-8-21(30(31,32)33)12-27(19)43(41,42)37(14-17)15-20-5-4-6-26(18(20)2)38-10-9-22(29(39)40)28(38)24-13-23(24)25-16-36(3)35-34-25/h4-10,12,16-17,23-24H,11,13-15H2,1-3H3,(H,39,40)/t17-,23+,24+/m0/s1. The molecule has 1 saturated carbocycles. The van der Waals surface area contributed by atoms with Gasteiger partial charge in [0, 0.05) is 55.7 Å². The van der Waals surface area contributed by atoms with Gasteiger partial charge in [-0.25, -0.2) is 13.2 Å². The summed E-state index contributed by atoms with van der Waals surface area (Å²) in [4.78, 5) is 11.9. The lowest BCUT2D eigenvalue weighted by atomic mass is 9.99. The van der Waals surface area contributed by atoms with E-state index in [0.717, 1.165) is 23.4 Å². The second-order valence-corrected chi connectivity index (χ2v) is 13.5. The van der Waals surface area contributed by atoms with Crippen LogP contribution in [0.3, 0.4) is 0 Å². The van der Waals surface area contributed by atoms with Crippen molar-refractivity contribution in [3.8, 4) is 5.69 Å². The van der Waals surface area contributed by atoms with E-state index in [1.54, 1.807) is 36.1 Å².